The molecule has 0 saturated carbocycles. The molecule has 2 rings (SSSR count). The minimum absolute atomic E-state index is 0.00773. The minimum atomic E-state index is -4.55. The van der Waals surface area contributed by atoms with Crippen LogP contribution < -0.4 is 16.8 Å². The summed E-state index contributed by atoms with van der Waals surface area (Å²) in [6.07, 6.45) is -0.447. The highest BCUT2D eigenvalue weighted by atomic mass is 35.5. The Morgan fingerprint density at radius 3 is 2.36 bits per heavy atom. The zero-order valence-electron chi connectivity index (χ0n) is 14.8. The number of urea groups is 1. The molecule has 2 aromatic rings. The molecule has 0 aromatic heterocycles. The first kappa shape index (κ1) is 21.7. The Morgan fingerprint density at radius 1 is 1.14 bits per heavy atom. The third kappa shape index (κ3) is 4.44. The number of primary amides is 1. The maximum Gasteiger partial charge on any atom is 0.339 e. The van der Waals surface area contributed by atoms with Gasteiger partial charge in [-0.25, -0.2) is 18.0 Å². The van der Waals surface area contributed by atoms with Crippen molar-refractivity contribution in [2.24, 2.45) is 11.5 Å². The molecule has 8 nitrogen and oxygen atoms in total. The van der Waals surface area contributed by atoms with Crippen LogP contribution in [0.4, 0.5) is 4.79 Å². The van der Waals surface area contributed by atoms with E-state index in [4.69, 9.17) is 23.1 Å². The van der Waals surface area contributed by atoms with Crippen LogP contribution in [0.2, 0.25) is 5.02 Å². The Morgan fingerprint density at radius 2 is 1.79 bits per heavy atom. The molecule has 0 heterocycles. The second-order valence-corrected chi connectivity index (χ2v) is 8.71. The van der Waals surface area contributed by atoms with Gasteiger partial charge in [-0.2, -0.15) is 0 Å². The zero-order chi connectivity index (χ0) is 20.9. The number of rotatable bonds is 8. The Labute approximate surface area is 167 Å². The van der Waals surface area contributed by atoms with Crippen molar-refractivity contribution in [1.82, 2.24) is 5.32 Å². The first-order valence-electron chi connectivity index (χ1n) is 8.25. The Kier molecular flexibility index (Phi) is 6.65. The van der Waals surface area contributed by atoms with E-state index >= 15 is 0 Å². The lowest BCUT2D eigenvalue weighted by Gasteiger charge is -2.26. The SMILES string of the molecule is NC(=O)NCCC[C@](N)(C(=O)O)S(=O)(=O)c1cc(Cl)ccc1-c1ccccc1. The van der Waals surface area contributed by atoms with Gasteiger partial charge in [0.25, 0.3) is 0 Å². The Hall–Kier alpha value is -2.62. The van der Waals surface area contributed by atoms with Crippen LogP contribution in [0.5, 0.6) is 0 Å². The average Bonchev–Trinajstić information content (AvgIpc) is 2.65. The molecule has 0 spiro atoms. The summed E-state index contributed by atoms with van der Waals surface area (Å²) in [7, 11) is -4.55. The molecular formula is C18H20ClN3O5S. The smallest absolute Gasteiger partial charge is 0.339 e. The van der Waals surface area contributed by atoms with Crippen LogP contribution in [0, 0.1) is 0 Å². The lowest BCUT2D eigenvalue weighted by Crippen LogP contribution is -2.55. The first-order valence-corrected chi connectivity index (χ1v) is 10.1. The van der Waals surface area contributed by atoms with Crippen molar-refractivity contribution in [2.75, 3.05) is 6.54 Å². The van der Waals surface area contributed by atoms with Crippen molar-refractivity contribution in [2.45, 2.75) is 22.6 Å². The van der Waals surface area contributed by atoms with Crippen molar-refractivity contribution < 1.29 is 23.1 Å². The van der Waals surface area contributed by atoms with Crippen LogP contribution in [0.1, 0.15) is 12.8 Å². The molecule has 1 atom stereocenters. The number of sulfone groups is 1. The van der Waals surface area contributed by atoms with Crippen molar-refractivity contribution >= 4 is 33.4 Å². The number of benzene rings is 2. The number of carbonyl (C=O) groups is 2. The molecule has 2 aromatic carbocycles. The fourth-order valence-electron chi connectivity index (χ4n) is 2.69. The number of carboxylic acid groups (broad SMARTS) is 1. The van der Waals surface area contributed by atoms with Crippen molar-refractivity contribution in [3.05, 3.63) is 53.6 Å². The number of halogens is 1. The monoisotopic (exact) mass is 425 g/mol. The van der Waals surface area contributed by atoms with Crippen LogP contribution >= 0.6 is 11.6 Å². The molecule has 0 saturated heterocycles. The number of hydrogen-bond donors (Lipinski definition) is 4. The second-order valence-electron chi connectivity index (χ2n) is 6.10. The highest BCUT2D eigenvalue weighted by Crippen LogP contribution is 2.35. The molecule has 2 amide bonds. The van der Waals surface area contributed by atoms with E-state index in [2.05, 4.69) is 5.32 Å². The Bertz CT molecular complexity index is 982. The molecule has 0 aliphatic heterocycles. The number of nitrogens with two attached hydrogens (primary N) is 2. The summed E-state index contributed by atoms with van der Waals surface area (Å²) in [5.41, 5.74) is 11.7. The first-order chi connectivity index (χ1) is 13.1. The zero-order valence-corrected chi connectivity index (χ0v) is 16.3. The maximum atomic E-state index is 13.3. The van der Waals surface area contributed by atoms with E-state index in [9.17, 15) is 23.1 Å². The van der Waals surface area contributed by atoms with Gasteiger partial charge in [0, 0.05) is 17.1 Å². The molecule has 0 unspecified atom stereocenters. The second kappa shape index (κ2) is 8.59. The van der Waals surface area contributed by atoms with E-state index in [1.165, 1.54) is 18.2 Å². The normalized spacial score (nSPS) is 13.5. The van der Waals surface area contributed by atoms with Crippen LogP contribution in [0.15, 0.2) is 53.4 Å². The van der Waals surface area contributed by atoms with Crippen LogP contribution in [-0.2, 0) is 14.6 Å². The quantitative estimate of drug-likeness (QED) is 0.474. The van der Waals surface area contributed by atoms with E-state index in [0.29, 0.717) is 5.56 Å². The van der Waals surface area contributed by atoms with E-state index in [1.54, 1.807) is 30.3 Å². The highest BCUT2D eigenvalue weighted by Gasteiger charge is 2.48. The summed E-state index contributed by atoms with van der Waals surface area (Å²) in [5.74, 6) is -1.70. The van der Waals surface area contributed by atoms with Crippen molar-refractivity contribution in [3.8, 4) is 11.1 Å². The summed E-state index contributed by atoms with van der Waals surface area (Å²) >= 11 is 5.99. The molecule has 0 aliphatic carbocycles. The van der Waals surface area contributed by atoms with Gasteiger partial charge in [-0.15, -0.1) is 0 Å². The van der Waals surface area contributed by atoms with E-state index in [-0.39, 0.29) is 28.4 Å². The molecule has 0 aliphatic rings. The van der Waals surface area contributed by atoms with Gasteiger partial charge in [0.15, 0.2) is 0 Å². The molecule has 0 bridgehead atoms. The fraction of sp³-hybridized carbons (Fsp3) is 0.222. The summed E-state index contributed by atoms with van der Waals surface area (Å²) in [4.78, 5) is 19.7. The van der Waals surface area contributed by atoms with E-state index < -0.39 is 33.1 Å². The van der Waals surface area contributed by atoms with Crippen molar-refractivity contribution in [1.29, 1.82) is 0 Å². The number of carbonyl (C=O) groups excluding carboxylic acids is 1. The van der Waals surface area contributed by atoms with Gasteiger partial charge < -0.3 is 21.9 Å². The Balaban J connectivity index is 2.52. The summed E-state index contributed by atoms with van der Waals surface area (Å²) in [5, 5.41) is 12.0. The highest BCUT2D eigenvalue weighted by molar-refractivity contribution is 7.93. The molecule has 28 heavy (non-hydrogen) atoms. The molecule has 0 fully saturated rings. The van der Waals surface area contributed by atoms with Gasteiger partial charge in [-0.05, 0) is 30.5 Å². The van der Waals surface area contributed by atoms with E-state index in [0.717, 1.165) is 0 Å². The average molecular weight is 426 g/mol. The standard InChI is InChI=1S/C18H20ClN3O5S/c19-13-7-8-14(12-5-2-1-3-6-12)15(11-13)28(26,27)18(21,16(23)24)9-4-10-22-17(20)25/h1-3,5-8,11H,4,9-10,21H2,(H,23,24)(H3,20,22,25)/t18-/m1/s1. The lowest BCUT2D eigenvalue weighted by atomic mass is 10.1. The van der Waals surface area contributed by atoms with Gasteiger partial charge in [0.1, 0.15) is 0 Å². The summed E-state index contributed by atoms with van der Waals surface area (Å²) in [6, 6.07) is 12.0. The minimum Gasteiger partial charge on any atom is -0.479 e. The number of aliphatic carboxylic acids is 1. The van der Waals surface area contributed by atoms with Gasteiger partial charge in [-0.1, -0.05) is 48.0 Å². The molecule has 150 valence electrons. The summed E-state index contributed by atoms with van der Waals surface area (Å²) < 4.78 is 26.6. The lowest BCUT2D eigenvalue weighted by molar-refractivity contribution is -0.140. The van der Waals surface area contributed by atoms with Gasteiger partial charge >= 0.3 is 12.0 Å². The number of hydrogen-bond acceptors (Lipinski definition) is 5. The number of amides is 2. The predicted molar refractivity (Wildman–Crippen MR) is 105 cm³/mol. The molecule has 6 N–H and O–H groups in total. The molecule has 10 heteroatoms. The number of carboxylic acids is 1. The maximum absolute atomic E-state index is 13.3. The van der Waals surface area contributed by atoms with Crippen LogP contribution in [0.3, 0.4) is 0 Å². The largest absolute Gasteiger partial charge is 0.479 e. The van der Waals surface area contributed by atoms with Gasteiger partial charge in [0.05, 0.1) is 4.90 Å². The van der Waals surface area contributed by atoms with Crippen molar-refractivity contribution in [3.63, 3.8) is 0 Å². The molecular weight excluding hydrogens is 406 g/mol. The fourth-order valence-corrected chi connectivity index (χ4v) is 4.72. The predicted octanol–water partition coefficient (Wildman–Crippen LogP) is 1.97. The third-order valence-corrected chi connectivity index (χ3v) is 6.67. The van der Waals surface area contributed by atoms with Gasteiger partial charge in [-0.3, -0.25) is 0 Å². The topological polar surface area (TPSA) is 153 Å². The number of nitrogens with one attached hydrogen (secondary N) is 1. The summed E-state index contributed by atoms with van der Waals surface area (Å²) in [6.45, 7) is -0.0157. The third-order valence-electron chi connectivity index (χ3n) is 4.18. The van der Waals surface area contributed by atoms with E-state index in [1.807, 2.05) is 0 Å². The van der Waals surface area contributed by atoms with Gasteiger partial charge in [0.2, 0.25) is 14.7 Å². The van der Waals surface area contributed by atoms with Crippen LogP contribution in [-0.4, -0.2) is 36.9 Å². The molecule has 0 radical (unpaired) electrons. The van der Waals surface area contributed by atoms with Crippen LogP contribution in [0.25, 0.3) is 11.1 Å².